The number of carbonyl (C=O) groups excluding carboxylic acids is 2. The topological polar surface area (TPSA) is 52.0 Å². The van der Waals surface area contributed by atoms with Gasteiger partial charge in [-0.05, 0) is 52.8 Å². The lowest BCUT2D eigenvalue weighted by atomic mass is 10.0. The molecule has 2 heterocycles. The van der Waals surface area contributed by atoms with Gasteiger partial charge < -0.3 is 4.57 Å². The van der Waals surface area contributed by atoms with Crippen LogP contribution in [0.4, 0.5) is 8.78 Å². The van der Waals surface area contributed by atoms with Crippen LogP contribution in [-0.2, 0) is 7.05 Å². The zero-order valence-electron chi connectivity index (χ0n) is 19.1. The number of imidazole rings is 1. The lowest BCUT2D eigenvalue weighted by Gasteiger charge is -2.13. The number of carbonyl (C=O) groups is 2. The fourth-order valence-corrected chi connectivity index (χ4v) is 6.24. The molecule has 6 rings (SSSR count). The summed E-state index contributed by atoms with van der Waals surface area (Å²) in [5.41, 5.74) is 1.71. The average Bonchev–Trinajstić information content (AvgIpc) is 3.48. The molecule has 0 bridgehead atoms. The largest absolute Gasteiger partial charge is 0.326 e. The Morgan fingerprint density at radius 2 is 1.56 bits per heavy atom. The Morgan fingerprint density at radius 1 is 0.944 bits per heavy atom. The van der Waals surface area contributed by atoms with Crippen molar-refractivity contribution in [3.05, 3.63) is 81.2 Å². The summed E-state index contributed by atoms with van der Waals surface area (Å²) in [6.45, 7) is 1.60. The number of aryl methyl sites for hydroxylation is 1. The number of rotatable bonds is 2. The zero-order valence-corrected chi connectivity index (χ0v) is 22.3. The third-order valence-corrected chi connectivity index (χ3v) is 9.28. The molecular weight excluding hydrogens is 516 g/mol. The summed E-state index contributed by atoms with van der Waals surface area (Å²) in [5.74, 6) is -1.77. The molecule has 0 N–H and O–H groups in total. The van der Waals surface area contributed by atoms with Crippen LogP contribution in [0.25, 0.3) is 38.6 Å². The molecule has 0 fully saturated rings. The number of nitrogens with zero attached hydrogens (tertiary/aromatic N) is 2. The van der Waals surface area contributed by atoms with Crippen molar-refractivity contribution in [2.45, 2.75) is 6.92 Å². The Hall–Kier alpha value is -3.11. The number of aromatic nitrogens is 2. The van der Waals surface area contributed by atoms with E-state index in [2.05, 4.69) is 23.5 Å². The summed E-state index contributed by atoms with van der Waals surface area (Å²) in [6.07, 6.45) is 1.58. The molecule has 0 radical (unpaired) electrons. The van der Waals surface area contributed by atoms with Crippen LogP contribution in [-0.4, -0.2) is 21.1 Å². The van der Waals surface area contributed by atoms with E-state index in [4.69, 9.17) is 0 Å². The van der Waals surface area contributed by atoms with Crippen molar-refractivity contribution in [3.63, 3.8) is 0 Å². The molecule has 4 nitrogen and oxygen atoms in total. The SMILES string of the molecule is Cc1c(F)c(-c2nc3sc(C=C4C(=O)c5cc6ccccc6cc5C4=O)cc3n2C)c(F)c(P)c1P. The van der Waals surface area contributed by atoms with Gasteiger partial charge in [-0.15, -0.1) is 29.8 Å². The highest BCUT2D eigenvalue weighted by molar-refractivity contribution is 7.36. The summed E-state index contributed by atoms with van der Waals surface area (Å²) in [4.78, 5) is 31.9. The fourth-order valence-electron chi connectivity index (χ4n) is 4.63. The third-order valence-electron chi connectivity index (χ3n) is 6.67. The third kappa shape index (κ3) is 3.27. The number of benzene rings is 3. The number of Topliss-reactive ketones (excluding diaryl/α,β-unsaturated/α-hetero) is 2. The number of allylic oxidation sites excluding steroid dienone is 1. The number of fused-ring (bicyclic) bond motifs is 3. The second kappa shape index (κ2) is 8.21. The predicted molar refractivity (Wildman–Crippen MR) is 148 cm³/mol. The molecule has 1 aliphatic carbocycles. The molecule has 0 spiro atoms. The molecule has 0 saturated carbocycles. The first-order valence-corrected chi connectivity index (χ1v) is 13.0. The first-order valence-electron chi connectivity index (χ1n) is 11.0. The maximum atomic E-state index is 15.1. The minimum absolute atomic E-state index is 0.100. The van der Waals surface area contributed by atoms with Gasteiger partial charge in [0.1, 0.15) is 22.3 Å². The van der Waals surface area contributed by atoms with E-state index in [1.54, 1.807) is 42.8 Å². The zero-order chi connectivity index (χ0) is 25.5. The van der Waals surface area contributed by atoms with Crippen LogP contribution in [0.2, 0.25) is 0 Å². The highest BCUT2D eigenvalue weighted by Crippen LogP contribution is 2.36. The van der Waals surface area contributed by atoms with Gasteiger partial charge in [-0.1, -0.05) is 24.3 Å². The van der Waals surface area contributed by atoms with Crippen LogP contribution < -0.4 is 10.6 Å². The Bertz CT molecular complexity index is 1770. The highest BCUT2D eigenvalue weighted by atomic mass is 32.1. The number of thiophene rings is 1. The quantitative estimate of drug-likeness (QED) is 0.171. The van der Waals surface area contributed by atoms with E-state index in [1.807, 2.05) is 24.3 Å². The molecule has 0 saturated heterocycles. The Kier molecular flexibility index (Phi) is 5.31. The summed E-state index contributed by atoms with van der Waals surface area (Å²) >= 11 is 1.26. The van der Waals surface area contributed by atoms with Crippen LogP contribution in [0, 0.1) is 18.6 Å². The van der Waals surface area contributed by atoms with Crippen LogP contribution in [0.5, 0.6) is 0 Å². The monoisotopic (exact) mass is 534 g/mol. The van der Waals surface area contributed by atoms with Crippen LogP contribution in [0.3, 0.4) is 0 Å². The lowest BCUT2D eigenvalue weighted by molar-refractivity contribution is 0.0990. The van der Waals surface area contributed by atoms with E-state index in [0.29, 0.717) is 37.2 Å². The molecule has 2 unspecified atom stereocenters. The second-order valence-electron chi connectivity index (χ2n) is 8.75. The van der Waals surface area contributed by atoms with Gasteiger partial charge in [0.2, 0.25) is 0 Å². The normalized spacial score (nSPS) is 13.3. The van der Waals surface area contributed by atoms with Gasteiger partial charge in [0, 0.05) is 28.4 Å². The van der Waals surface area contributed by atoms with Crippen LogP contribution in [0.1, 0.15) is 31.2 Å². The van der Waals surface area contributed by atoms with E-state index < -0.39 is 11.6 Å². The standard InChI is InChI=1S/C27H18F2N2O2P2S/c1-11-20(28)19(21(29)25(35)24(11)34)26-30-27-18(31(26)2)10-14(36-27)9-17-22(32)15-7-12-5-3-4-6-13(12)8-16(15)23(17)33/h3-10H,34-35H2,1-2H3. The van der Waals surface area contributed by atoms with Crippen molar-refractivity contribution in [1.82, 2.24) is 9.55 Å². The van der Waals surface area contributed by atoms with Crippen molar-refractivity contribution in [2.24, 2.45) is 7.05 Å². The number of ketones is 2. The van der Waals surface area contributed by atoms with Gasteiger partial charge in [0.25, 0.3) is 0 Å². The van der Waals surface area contributed by atoms with E-state index >= 15 is 8.78 Å². The molecule has 3 aromatic carbocycles. The van der Waals surface area contributed by atoms with Gasteiger partial charge in [-0.2, -0.15) is 0 Å². The summed E-state index contributed by atoms with van der Waals surface area (Å²) < 4.78 is 31.8. The fraction of sp³-hybridized carbons (Fsp3) is 0.0741. The maximum Gasteiger partial charge on any atom is 0.197 e. The molecule has 0 amide bonds. The van der Waals surface area contributed by atoms with E-state index in [1.165, 1.54) is 11.3 Å². The van der Waals surface area contributed by atoms with Crippen molar-refractivity contribution in [1.29, 1.82) is 0 Å². The molecular formula is C27H18F2N2O2P2S. The van der Waals surface area contributed by atoms with Crippen LogP contribution in [0.15, 0.2) is 48.0 Å². The Balaban J connectivity index is 1.43. The molecule has 36 heavy (non-hydrogen) atoms. The predicted octanol–water partition coefficient (Wildman–Crippen LogP) is 5.51. The van der Waals surface area contributed by atoms with Crippen molar-refractivity contribution >= 4 is 79.2 Å². The molecule has 2 atom stereocenters. The van der Waals surface area contributed by atoms with Crippen molar-refractivity contribution < 1.29 is 18.4 Å². The van der Waals surface area contributed by atoms with Crippen molar-refractivity contribution in [3.8, 4) is 11.4 Å². The summed E-state index contributed by atoms with van der Waals surface area (Å²) in [5, 5.41) is 2.53. The minimum atomic E-state index is -0.677. The highest BCUT2D eigenvalue weighted by Gasteiger charge is 2.33. The smallest absolute Gasteiger partial charge is 0.197 e. The molecule has 178 valence electrons. The number of hydrogen-bond donors (Lipinski definition) is 0. The Labute approximate surface area is 213 Å². The average molecular weight is 534 g/mol. The number of halogens is 2. The van der Waals surface area contributed by atoms with E-state index in [0.717, 1.165) is 10.8 Å². The van der Waals surface area contributed by atoms with E-state index in [-0.39, 0.29) is 33.8 Å². The summed E-state index contributed by atoms with van der Waals surface area (Å²) in [6, 6.07) is 12.9. The molecule has 0 aliphatic heterocycles. The first-order chi connectivity index (χ1) is 17.2. The van der Waals surface area contributed by atoms with Gasteiger partial charge in [0.15, 0.2) is 11.6 Å². The van der Waals surface area contributed by atoms with E-state index in [9.17, 15) is 9.59 Å². The maximum absolute atomic E-state index is 15.1. The van der Waals surface area contributed by atoms with Crippen LogP contribution >= 0.6 is 29.8 Å². The minimum Gasteiger partial charge on any atom is -0.326 e. The molecule has 2 aromatic heterocycles. The molecule has 5 aromatic rings. The molecule has 9 heteroatoms. The van der Waals surface area contributed by atoms with Gasteiger partial charge >= 0.3 is 0 Å². The first kappa shape index (κ1) is 23.3. The summed E-state index contributed by atoms with van der Waals surface area (Å²) in [7, 11) is 6.37. The number of hydrogen-bond acceptors (Lipinski definition) is 4. The Morgan fingerprint density at radius 3 is 2.14 bits per heavy atom. The van der Waals surface area contributed by atoms with Crippen molar-refractivity contribution in [2.75, 3.05) is 0 Å². The molecule has 1 aliphatic rings. The van der Waals surface area contributed by atoms with Gasteiger partial charge in [0.05, 0.1) is 16.7 Å². The van der Waals surface area contributed by atoms with Gasteiger partial charge in [-0.25, -0.2) is 13.8 Å². The van der Waals surface area contributed by atoms with Gasteiger partial charge in [-0.3, -0.25) is 9.59 Å². The second-order valence-corrected chi connectivity index (χ2v) is 11.0. The lowest BCUT2D eigenvalue weighted by Crippen LogP contribution is -2.22.